The summed E-state index contributed by atoms with van der Waals surface area (Å²) in [6, 6.07) is 0.966. The van der Waals surface area contributed by atoms with Crippen molar-refractivity contribution in [2.75, 3.05) is 0 Å². The van der Waals surface area contributed by atoms with Gasteiger partial charge in [0.1, 0.15) is 5.75 Å². The quantitative estimate of drug-likeness (QED) is 0.868. The standard InChI is InChI=1S/C10H11F3N2O/c11-10(12,13)6-3-9(16-7-1-2-7)8(4-14)15-5-6/h3,5,7H,1-2,4,14H2. The number of aromatic nitrogens is 1. The number of ether oxygens (including phenoxy) is 1. The summed E-state index contributed by atoms with van der Waals surface area (Å²) in [5.41, 5.74) is 4.94. The van der Waals surface area contributed by atoms with Crippen LogP contribution in [0.3, 0.4) is 0 Å². The van der Waals surface area contributed by atoms with Crippen LogP contribution >= 0.6 is 0 Å². The van der Waals surface area contributed by atoms with Crippen molar-refractivity contribution >= 4 is 0 Å². The monoisotopic (exact) mass is 232 g/mol. The molecular weight excluding hydrogens is 221 g/mol. The summed E-state index contributed by atoms with van der Waals surface area (Å²) in [6.45, 7) is 0.0696. The molecule has 3 nitrogen and oxygen atoms in total. The zero-order valence-corrected chi connectivity index (χ0v) is 8.42. The number of alkyl halides is 3. The van der Waals surface area contributed by atoms with Gasteiger partial charge in [0.15, 0.2) is 0 Å². The summed E-state index contributed by atoms with van der Waals surface area (Å²) in [5.74, 6) is 0.153. The molecule has 2 N–H and O–H groups in total. The van der Waals surface area contributed by atoms with Crippen LogP contribution in [0.1, 0.15) is 24.1 Å². The molecule has 0 spiro atoms. The highest BCUT2D eigenvalue weighted by atomic mass is 19.4. The van der Waals surface area contributed by atoms with E-state index in [-0.39, 0.29) is 18.4 Å². The summed E-state index contributed by atoms with van der Waals surface area (Å²) >= 11 is 0. The Morgan fingerprint density at radius 3 is 2.62 bits per heavy atom. The highest BCUT2D eigenvalue weighted by Crippen LogP contribution is 2.34. The molecule has 0 aromatic carbocycles. The van der Waals surface area contributed by atoms with E-state index in [0.717, 1.165) is 25.1 Å². The molecule has 2 rings (SSSR count). The number of hydrogen-bond donors (Lipinski definition) is 1. The summed E-state index contributed by atoms with van der Waals surface area (Å²) in [5, 5.41) is 0. The Labute approximate surface area is 90.4 Å². The lowest BCUT2D eigenvalue weighted by Gasteiger charge is -2.12. The largest absolute Gasteiger partial charge is 0.488 e. The van der Waals surface area contributed by atoms with Gasteiger partial charge in [-0.25, -0.2) is 0 Å². The van der Waals surface area contributed by atoms with Gasteiger partial charge in [-0.15, -0.1) is 0 Å². The Kier molecular flexibility index (Phi) is 2.75. The molecule has 0 radical (unpaired) electrons. The SMILES string of the molecule is NCc1ncc(C(F)(F)F)cc1OC1CC1. The van der Waals surface area contributed by atoms with Crippen molar-refractivity contribution in [1.29, 1.82) is 0 Å². The molecule has 0 atom stereocenters. The first-order chi connectivity index (χ1) is 7.50. The van der Waals surface area contributed by atoms with Crippen molar-refractivity contribution in [3.63, 3.8) is 0 Å². The lowest BCUT2D eigenvalue weighted by molar-refractivity contribution is -0.138. The van der Waals surface area contributed by atoms with Gasteiger partial charge in [0.05, 0.1) is 17.4 Å². The lowest BCUT2D eigenvalue weighted by atomic mass is 10.2. The normalized spacial score (nSPS) is 16.2. The number of halogens is 3. The van der Waals surface area contributed by atoms with Crippen molar-refractivity contribution in [2.45, 2.75) is 31.7 Å². The molecule has 1 aliphatic rings. The van der Waals surface area contributed by atoms with E-state index in [9.17, 15) is 13.2 Å². The van der Waals surface area contributed by atoms with Crippen LogP contribution in [0, 0.1) is 0 Å². The van der Waals surface area contributed by atoms with E-state index >= 15 is 0 Å². The number of pyridine rings is 1. The zero-order chi connectivity index (χ0) is 11.8. The third-order valence-corrected chi connectivity index (χ3v) is 2.27. The average Bonchev–Trinajstić information content (AvgIpc) is 3.00. The molecule has 1 saturated carbocycles. The molecule has 1 aromatic heterocycles. The van der Waals surface area contributed by atoms with E-state index in [1.54, 1.807) is 0 Å². The number of nitrogens with two attached hydrogens (primary N) is 1. The van der Waals surface area contributed by atoms with Crippen LogP contribution in [0.5, 0.6) is 5.75 Å². The maximum Gasteiger partial charge on any atom is 0.418 e. The van der Waals surface area contributed by atoms with Gasteiger partial charge >= 0.3 is 6.18 Å². The van der Waals surface area contributed by atoms with Gasteiger partial charge in [-0.2, -0.15) is 13.2 Å². The Balaban J connectivity index is 2.29. The Bertz CT molecular complexity index is 388. The van der Waals surface area contributed by atoms with Gasteiger partial charge < -0.3 is 10.5 Å². The first-order valence-corrected chi connectivity index (χ1v) is 4.93. The van der Waals surface area contributed by atoms with Crippen LogP contribution in [-0.2, 0) is 12.7 Å². The third kappa shape index (κ3) is 2.44. The van der Waals surface area contributed by atoms with Crippen LogP contribution in [0.4, 0.5) is 13.2 Å². The Morgan fingerprint density at radius 2 is 2.12 bits per heavy atom. The van der Waals surface area contributed by atoms with Crippen molar-refractivity contribution in [3.05, 3.63) is 23.5 Å². The maximum absolute atomic E-state index is 12.4. The molecule has 6 heteroatoms. The zero-order valence-electron chi connectivity index (χ0n) is 8.42. The fraction of sp³-hybridized carbons (Fsp3) is 0.500. The Hall–Kier alpha value is -1.30. The second-order valence-electron chi connectivity index (χ2n) is 3.69. The highest BCUT2D eigenvalue weighted by molar-refractivity contribution is 5.33. The summed E-state index contributed by atoms with van der Waals surface area (Å²) in [6.07, 6.45) is -1.85. The van der Waals surface area contributed by atoms with Crippen molar-refractivity contribution < 1.29 is 17.9 Å². The van der Waals surface area contributed by atoms with Crippen molar-refractivity contribution in [1.82, 2.24) is 4.98 Å². The predicted octanol–water partition coefficient (Wildman–Crippen LogP) is 2.10. The van der Waals surface area contributed by atoms with E-state index in [2.05, 4.69) is 4.98 Å². The lowest BCUT2D eigenvalue weighted by Crippen LogP contribution is -2.11. The first kappa shape index (κ1) is 11.2. The second-order valence-corrected chi connectivity index (χ2v) is 3.69. The summed E-state index contributed by atoms with van der Waals surface area (Å²) in [7, 11) is 0. The molecule has 1 heterocycles. The topological polar surface area (TPSA) is 48.1 Å². The summed E-state index contributed by atoms with van der Waals surface area (Å²) in [4.78, 5) is 3.67. The van der Waals surface area contributed by atoms with Crippen LogP contribution in [-0.4, -0.2) is 11.1 Å². The predicted molar refractivity (Wildman–Crippen MR) is 50.8 cm³/mol. The molecule has 1 fully saturated rings. The molecule has 1 aromatic rings. The Morgan fingerprint density at radius 1 is 1.44 bits per heavy atom. The van der Waals surface area contributed by atoms with Gasteiger partial charge in [-0.3, -0.25) is 4.98 Å². The van der Waals surface area contributed by atoms with Crippen LogP contribution < -0.4 is 10.5 Å². The molecule has 0 unspecified atom stereocenters. The number of nitrogens with zero attached hydrogens (tertiary/aromatic N) is 1. The number of rotatable bonds is 3. The van der Waals surface area contributed by atoms with Gasteiger partial charge in [0.25, 0.3) is 0 Å². The minimum Gasteiger partial charge on any atom is -0.488 e. The number of hydrogen-bond acceptors (Lipinski definition) is 3. The maximum atomic E-state index is 12.4. The first-order valence-electron chi connectivity index (χ1n) is 4.93. The van der Waals surface area contributed by atoms with E-state index in [1.807, 2.05) is 0 Å². The van der Waals surface area contributed by atoms with Crippen molar-refractivity contribution in [3.8, 4) is 5.75 Å². The van der Waals surface area contributed by atoms with E-state index in [4.69, 9.17) is 10.5 Å². The smallest absolute Gasteiger partial charge is 0.418 e. The van der Waals surface area contributed by atoms with Gasteiger partial charge in [-0.1, -0.05) is 0 Å². The van der Waals surface area contributed by atoms with Gasteiger partial charge in [0, 0.05) is 12.7 Å². The van der Waals surface area contributed by atoms with Crippen molar-refractivity contribution in [2.24, 2.45) is 5.73 Å². The second kappa shape index (κ2) is 3.93. The summed E-state index contributed by atoms with van der Waals surface area (Å²) < 4.78 is 42.6. The highest BCUT2D eigenvalue weighted by Gasteiger charge is 2.33. The van der Waals surface area contributed by atoms with Gasteiger partial charge in [0.2, 0.25) is 0 Å². The molecule has 0 bridgehead atoms. The van der Waals surface area contributed by atoms with E-state index in [0.29, 0.717) is 5.69 Å². The minimum atomic E-state index is -4.40. The van der Waals surface area contributed by atoms with E-state index < -0.39 is 11.7 Å². The van der Waals surface area contributed by atoms with Crippen LogP contribution in [0.15, 0.2) is 12.3 Å². The molecule has 88 valence electrons. The fourth-order valence-corrected chi connectivity index (χ4v) is 1.25. The van der Waals surface area contributed by atoms with Crippen LogP contribution in [0.25, 0.3) is 0 Å². The van der Waals surface area contributed by atoms with Gasteiger partial charge in [-0.05, 0) is 18.9 Å². The molecule has 0 saturated heterocycles. The van der Waals surface area contributed by atoms with E-state index in [1.165, 1.54) is 0 Å². The van der Waals surface area contributed by atoms with Crippen LogP contribution in [0.2, 0.25) is 0 Å². The molecule has 0 amide bonds. The average molecular weight is 232 g/mol. The molecule has 16 heavy (non-hydrogen) atoms. The molecule has 1 aliphatic carbocycles. The third-order valence-electron chi connectivity index (χ3n) is 2.27. The molecule has 0 aliphatic heterocycles. The minimum absolute atomic E-state index is 0.0237. The fourth-order valence-electron chi connectivity index (χ4n) is 1.25. The molecular formula is C10H11F3N2O.